The minimum Gasteiger partial charge on any atom is -0.496 e. The Morgan fingerprint density at radius 3 is 1.50 bits per heavy atom. The monoisotopic (exact) mass is 438 g/mol. The third-order valence-electron chi connectivity index (χ3n) is 7.17. The second-order valence-electron chi connectivity index (χ2n) is 9.48. The van der Waals surface area contributed by atoms with Crippen molar-refractivity contribution in [2.24, 2.45) is 11.8 Å². The molecule has 2 aromatic carbocycles. The molecule has 2 aromatic rings. The molecule has 0 saturated heterocycles. The van der Waals surface area contributed by atoms with Crippen molar-refractivity contribution in [1.29, 1.82) is 0 Å². The molecule has 32 heavy (non-hydrogen) atoms. The second kappa shape index (κ2) is 15.0. The van der Waals surface area contributed by atoms with Crippen LogP contribution in [0.4, 0.5) is 0 Å². The van der Waals surface area contributed by atoms with Gasteiger partial charge in [0, 0.05) is 17.0 Å². The van der Waals surface area contributed by atoms with E-state index in [2.05, 4.69) is 57.2 Å². The summed E-state index contributed by atoms with van der Waals surface area (Å²) in [6.45, 7) is 7.20. The van der Waals surface area contributed by atoms with Crippen LogP contribution < -0.4 is 9.47 Å². The number of para-hydroxylation sites is 2. The summed E-state index contributed by atoms with van der Waals surface area (Å²) in [6, 6.07) is 16.9. The molecule has 0 aromatic heterocycles. The fraction of sp³-hybridized carbons (Fsp3) is 0.600. The molecule has 0 aliphatic rings. The lowest BCUT2D eigenvalue weighted by molar-refractivity contribution is 0.322. The Labute approximate surface area is 197 Å². The van der Waals surface area contributed by atoms with Crippen LogP contribution in [0.1, 0.15) is 102 Å². The molecule has 0 aliphatic carbocycles. The molecule has 0 fully saturated rings. The number of ether oxygens (including phenoxy) is 2. The van der Waals surface area contributed by atoms with Crippen LogP contribution in [0.5, 0.6) is 11.5 Å². The Balaban J connectivity index is 1.93. The van der Waals surface area contributed by atoms with Crippen LogP contribution in [0.15, 0.2) is 48.5 Å². The molecule has 0 N–H and O–H groups in total. The number of hydrogen-bond acceptors (Lipinski definition) is 2. The topological polar surface area (TPSA) is 18.5 Å². The fourth-order valence-corrected chi connectivity index (χ4v) is 4.84. The van der Waals surface area contributed by atoms with Crippen LogP contribution in [0, 0.1) is 11.8 Å². The van der Waals surface area contributed by atoms with E-state index in [4.69, 9.17) is 9.47 Å². The molecule has 2 rings (SSSR count). The van der Waals surface area contributed by atoms with Gasteiger partial charge in [0.15, 0.2) is 0 Å². The summed E-state index contributed by atoms with van der Waals surface area (Å²) in [5.74, 6) is 3.90. The quantitative estimate of drug-likeness (QED) is 0.243. The Hall–Kier alpha value is -1.96. The molecule has 178 valence electrons. The van der Waals surface area contributed by atoms with Gasteiger partial charge in [-0.3, -0.25) is 0 Å². The van der Waals surface area contributed by atoms with E-state index >= 15 is 0 Å². The first-order valence-electron chi connectivity index (χ1n) is 12.9. The maximum Gasteiger partial charge on any atom is 0.122 e. The standard InChI is InChI=1S/C30H46O2/c1-6-7-8-10-17-24(2)25(3)18-11-9-12-19-26(27-20-13-15-22-29(27)31-4)28-21-14-16-23-30(28)32-5/h13-16,20-26H,6-12,17-19H2,1-5H3. The lowest BCUT2D eigenvalue weighted by Gasteiger charge is -2.23. The molecule has 0 amide bonds. The molecule has 2 heteroatoms. The van der Waals surface area contributed by atoms with Gasteiger partial charge in [0.25, 0.3) is 0 Å². The first-order chi connectivity index (χ1) is 15.6. The maximum atomic E-state index is 5.71. The highest BCUT2D eigenvalue weighted by atomic mass is 16.5. The van der Waals surface area contributed by atoms with Crippen molar-refractivity contribution in [3.63, 3.8) is 0 Å². The maximum absolute atomic E-state index is 5.71. The zero-order valence-corrected chi connectivity index (χ0v) is 21.2. The SMILES string of the molecule is CCCCCCC(C)C(C)CCCCCC(c1ccccc1OC)c1ccccc1OC. The van der Waals surface area contributed by atoms with Crippen molar-refractivity contribution in [1.82, 2.24) is 0 Å². The van der Waals surface area contributed by atoms with Gasteiger partial charge in [-0.25, -0.2) is 0 Å². The summed E-state index contributed by atoms with van der Waals surface area (Å²) in [7, 11) is 3.53. The fourth-order valence-electron chi connectivity index (χ4n) is 4.84. The number of methoxy groups -OCH3 is 2. The molecule has 2 unspecified atom stereocenters. The van der Waals surface area contributed by atoms with Crippen LogP contribution in [0.3, 0.4) is 0 Å². The third-order valence-corrected chi connectivity index (χ3v) is 7.17. The minimum absolute atomic E-state index is 0.289. The largest absolute Gasteiger partial charge is 0.496 e. The average molecular weight is 439 g/mol. The Morgan fingerprint density at radius 2 is 1.03 bits per heavy atom. The summed E-state index contributed by atoms with van der Waals surface area (Å²) in [4.78, 5) is 0. The summed E-state index contributed by atoms with van der Waals surface area (Å²) >= 11 is 0. The molecule has 0 spiro atoms. The molecule has 2 nitrogen and oxygen atoms in total. The van der Waals surface area contributed by atoms with E-state index in [1.807, 2.05) is 12.1 Å². The second-order valence-corrected chi connectivity index (χ2v) is 9.48. The zero-order chi connectivity index (χ0) is 23.2. The van der Waals surface area contributed by atoms with Gasteiger partial charge < -0.3 is 9.47 Å². The Bertz CT molecular complexity index is 707. The Kier molecular flexibility index (Phi) is 12.3. The van der Waals surface area contributed by atoms with Gasteiger partial charge in [-0.1, -0.05) is 115 Å². The predicted molar refractivity (Wildman–Crippen MR) is 138 cm³/mol. The first-order valence-corrected chi connectivity index (χ1v) is 12.9. The van der Waals surface area contributed by atoms with Gasteiger partial charge in [0.2, 0.25) is 0 Å². The molecule has 2 atom stereocenters. The van der Waals surface area contributed by atoms with E-state index < -0.39 is 0 Å². The molecule has 0 saturated carbocycles. The van der Waals surface area contributed by atoms with Gasteiger partial charge in [-0.15, -0.1) is 0 Å². The smallest absolute Gasteiger partial charge is 0.122 e. The molecular formula is C30H46O2. The first kappa shape index (κ1) is 26.3. The van der Waals surface area contributed by atoms with E-state index in [-0.39, 0.29) is 5.92 Å². The van der Waals surface area contributed by atoms with E-state index in [0.29, 0.717) is 0 Å². The predicted octanol–water partition coefficient (Wildman–Crippen LogP) is 9.03. The highest BCUT2D eigenvalue weighted by Gasteiger charge is 2.21. The van der Waals surface area contributed by atoms with E-state index in [9.17, 15) is 0 Å². The van der Waals surface area contributed by atoms with Crippen molar-refractivity contribution in [3.8, 4) is 11.5 Å². The summed E-state index contributed by atoms with van der Waals surface area (Å²) in [6.07, 6.45) is 13.2. The van der Waals surface area contributed by atoms with Gasteiger partial charge in [-0.05, 0) is 30.4 Å². The van der Waals surface area contributed by atoms with Crippen molar-refractivity contribution >= 4 is 0 Å². The highest BCUT2D eigenvalue weighted by molar-refractivity contribution is 5.47. The van der Waals surface area contributed by atoms with Crippen LogP contribution in [0.2, 0.25) is 0 Å². The molecule has 0 heterocycles. The van der Waals surface area contributed by atoms with Crippen LogP contribution >= 0.6 is 0 Å². The number of unbranched alkanes of at least 4 members (excludes halogenated alkanes) is 5. The summed E-state index contributed by atoms with van der Waals surface area (Å²) in [5, 5.41) is 0. The Morgan fingerprint density at radius 1 is 0.594 bits per heavy atom. The highest BCUT2D eigenvalue weighted by Crippen LogP contribution is 2.39. The number of rotatable bonds is 16. The lowest BCUT2D eigenvalue weighted by atomic mass is 9.84. The zero-order valence-electron chi connectivity index (χ0n) is 21.2. The van der Waals surface area contributed by atoms with Crippen molar-refractivity contribution < 1.29 is 9.47 Å². The normalized spacial score (nSPS) is 13.2. The van der Waals surface area contributed by atoms with Crippen molar-refractivity contribution in [3.05, 3.63) is 59.7 Å². The van der Waals surface area contributed by atoms with Crippen LogP contribution in [-0.4, -0.2) is 14.2 Å². The number of benzene rings is 2. The van der Waals surface area contributed by atoms with E-state index in [1.54, 1.807) is 14.2 Å². The van der Waals surface area contributed by atoms with E-state index in [1.165, 1.54) is 68.9 Å². The van der Waals surface area contributed by atoms with Gasteiger partial charge in [0.05, 0.1) is 14.2 Å². The van der Waals surface area contributed by atoms with Gasteiger partial charge in [0.1, 0.15) is 11.5 Å². The van der Waals surface area contributed by atoms with Gasteiger partial charge in [-0.2, -0.15) is 0 Å². The molecular weight excluding hydrogens is 392 g/mol. The lowest BCUT2D eigenvalue weighted by Crippen LogP contribution is -2.08. The minimum atomic E-state index is 0.289. The van der Waals surface area contributed by atoms with Crippen molar-refractivity contribution in [2.45, 2.75) is 90.9 Å². The van der Waals surface area contributed by atoms with Crippen LogP contribution in [0.25, 0.3) is 0 Å². The van der Waals surface area contributed by atoms with Gasteiger partial charge >= 0.3 is 0 Å². The average Bonchev–Trinajstić information content (AvgIpc) is 2.83. The summed E-state index contributed by atoms with van der Waals surface area (Å²) in [5.41, 5.74) is 2.52. The summed E-state index contributed by atoms with van der Waals surface area (Å²) < 4.78 is 11.4. The molecule has 0 aliphatic heterocycles. The van der Waals surface area contributed by atoms with Crippen LogP contribution in [-0.2, 0) is 0 Å². The molecule has 0 bridgehead atoms. The van der Waals surface area contributed by atoms with Crippen molar-refractivity contribution in [2.75, 3.05) is 14.2 Å². The molecule has 0 radical (unpaired) electrons. The number of hydrogen-bond donors (Lipinski definition) is 0. The third kappa shape index (κ3) is 8.19. The van der Waals surface area contributed by atoms with E-state index in [0.717, 1.165) is 29.8 Å².